The molecule has 1 saturated heterocycles. The molecule has 11 nitrogen and oxygen atoms in total. The Morgan fingerprint density at radius 1 is 1.13 bits per heavy atom. The predicted octanol–water partition coefficient (Wildman–Crippen LogP) is 3.17. The number of nitriles is 1. The number of anilines is 2. The first-order valence-corrected chi connectivity index (χ1v) is 14.0. The summed E-state index contributed by atoms with van der Waals surface area (Å²) < 4.78 is 44.9. The van der Waals surface area contributed by atoms with Crippen LogP contribution >= 0.6 is 0 Å². The lowest BCUT2D eigenvalue weighted by atomic mass is 10.1. The second-order valence-corrected chi connectivity index (χ2v) is 10.9. The molecule has 0 atom stereocenters. The van der Waals surface area contributed by atoms with Gasteiger partial charge < -0.3 is 24.4 Å². The summed E-state index contributed by atoms with van der Waals surface area (Å²) in [5, 5.41) is 12.8. The molecule has 1 aliphatic rings. The number of benzene rings is 2. The van der Waals surface area contributed by atoms with Crippen molar-refractivity contribution in [2.24, 2.45) is 0 Å². The van der Waals surface area contributed by atoms with E-state index in [0.717, 1.165) is 18.4 Å². The van der Waals surface area contributed by atoms with Gasteiger partial charge in [0.1, 0.15) is 28.6 Å². The first-order valence-electron chi connectivity index (χ1n) is 12.5. The molecule has 3 aromatic rings. The van der Waals surface area contributed by atoms with E-state index in [1.807, 2.05) is 25.1 Å². The van der Waals surface area contributed by atoms with Crippen molar-refractivity contribution in [3.8, 4) is 28.8 Å². The van der Waals surface area contributed by atoms with Gasteiger partial charge in [0.05, 0.1) is 31.6 Å². The fourth-order valence-corrected chi connectivity index (χ4v) is 5.18. The van der Waals surface area contributed by atoms with Crippen LogP contribution in [0.2, 0.25) is 0 Å². The fourth-order valence-electron chi connectivity index (χ4n) is 4.01. The van der Waals surface area contributed by atoms with Crippen molar-refractivity contribution in [1.29, 1.82) is 5.26 Å². The normalized spacial score (nSPS) is 14.1. The van der Waals surface area contributed by atoms with E-state index in [9.17, 15) is 13.7 Å². The molecule has 2 N–H and O–H groups in total. The highest BCUT2D eigenvalue weighted by Crippen LogP contribution is 2.30. The van der Waals surface area contributed by atoms with Crippen molar-refractivity contribution in [2.45, 2.75) is 23.8 Å². The van der Waals surface area contributed by atoms with Gasteiger partial charge in [-0.1, -0.05) is 0 Å². The zero-order valence-electron chi connectivity index (χ0n) is 22.2. The van der Waals surface area contributed by atoms with Crippen LogP contribution in [0.3, 0.4) is 0 Å². The van der Waals surface area contributed by atoms with Crippen molar-refractivity contribution >= 4 is 21.7 Å². The highest BCUT2D eigenvalue weighted by molar-refractivity contribution is 7.89. The summed E-state index contributed by atoms with van der Waals surface area (Å²) in [6.07, 6.45) is 3.21. The zero-order chi connectivity index (χ0) is 27.8. The minimum Gasteiger partial charge on any atom is -0.495 e. The monoisotopic (exact) mass is 552 g/mol. The maximum absolute atomic E-state index is 12.8. The standard InChI is InChI=1S/C27H32N6O5S/c1-33(2)13-12-30-39(34,35)26-7-5-21(17-25(26)36-3)31-27-29-11-8-23(32-27)19-4-6-24(20(16-19)18-28)38-22-9-14-37-15-10-22/h4-8,11,16-17,22,30H,9-10,12-15H2,1-3H3,(H,29,31,32). The first kappa shape index (κ1) is 28.3. The number of sulfonamides is 1. The number of rotatable bonds is 11. The molecule has 0 unspecified atom stereocenters. The maximum Gasteiger partial charge on any atom is 0.244 e. The third-order valence-corrected chi connectivity index (χ3v) is 7.57. The Bertz CT molecular complexity index is 1430. The van der Waals surface area contributed by atoms with Gasteiger partial charge >= 0.3 is 0 Å². The molecule has 0 bridgehead atoms. The molecule has 39 heavy (non-hydrogen) atoms. The summed E-state index contributed by atoms with van der Waals surface area (Å²) in [7, 11) is 1.40. The third kappa shape index (κ3) is 7.42. The van der Waals surface area contributed by atoms with E-state index in [1.165, 1.54) is 13.2 Å². The van der Waals surface area contributed by atoms with Crippen molar-refractivity contribution in [3.63, 3.8) is 0 Å². The molecule has 0 amide bonds. The Labute approximate surface area is 228 Å². The van der Waals surface area contributed by atoms with Gasteiger partial charge in [-0.25, -0.2) is 23.1 Å². The maximum atomic E-state index is 12.8. The van der Waals surface area contributed by atoms with Gasteiger partial charge in [-0.05, 0) is 50.5 Å². The molecule has 0 radical (unpaired) electrons. The predicted molar refractivity (Wildman–Crippen MR) is 147 cm³/mol. The molecule has 4 rings (SSSR count). The summed E-state index contributed by atoms with van der Waals surface area (Å²) >= 11 is 0. The van der Waals surface area contributed by atoms with Crippen LogP contribution in [0.5, 0.6) is 11.5 Å². The summed E-state index contributed by atoms with van der Waals surface area (Å²) in [4.78, 5) is 10.8. The Morgan fingerprint density at radius 2 is 1.92 bits per heavy atom. The quantitative estimate of drug-likeness (QED) is 0.365. The molecular formula is C27H32N6O5S. The van der Waals surface area contributed by atoms with Crippen molar-refractivity contribution < 1.29 is 22.6 Å². The number of likely N-dealkylation sites (N-methyl/N-ethyl adjacent to an activating group) is 1. The van der Waals surface area contributed by atoms with E-state index in [1.54, 1.807) is 36.5 Å². The lowest BCUT2D eigenvalue weighted by Gasteiger charge is -2.23. The van der Waals surface area contributed by atoms with Crippen molar-refractivity contribution in [3.05, 3.63) is 54.2 Å². The highest BCUT2D eigenvalue weighted by atomic mass is 32.2. The smallest absolute Gasteiger partial charge is 0.244 e. The van der Waals surface area contributed by atoms with Crippen LogP contribution in [-0.4, -0.2) is 76.9 Å². The van der Waals surface area contributed by atoms with Gasteiger partial charge in [0, 0.05) is 49.4 Å². The van der Waals surface area contributed by atoms with Gasteiger partial charge in [0.15, 0.2) is 0 Å². The third-order valence-electron chi connectivity index (χ3n) is 6.07. The summed E-state index contributed by atoms with van der Waals surface area (Å²) in [5.74, 6) is 1.03. The summed E-state index contributed by atoms with van der Waals surface area (Å²) in [6, 6.07) is 14.0. The molecular weight excluding hydrogens is 520 g/mol. The minimum absolute atomic E-state index is 0.0266. The molecule has 0 spiro atoms. The SMILES string of the molecule is COc1cc(Nc2nccc(-c3ccc(OC4CCOCC4)c(C#N)c3)n2)ccc1S(=O)(=O)NCCN(C)C. The minimum atomic E-state index is -3.75. The average molecular weight is 553 g/mol. The Morgan fingerprint density at radius 3 is 2.64 bits per heavy atom. The van der Waals surface area contributed by atoms with E-state index in [0.29, 0.717) is 48.4 Å². The van der Waals surface area contributed by atoms with Gasteiger partial charge in [-0.2, -0.15) is 5.26 Å². The van der Waals surface area contributed by atoms with Crippen LogP contribution in [-0.2, 0) is 14.8 Å². The van der Waals surface area contributed by atoms with Crippen LogP contribution in [0.15, 0.2) is 53.6 Å². The number of hydrogen-bond acceptors (Lipinski definition) is 10. The number of ether oxygens (including phenoxy) is 3. The summed E-state index contributed by atoms with van der Waals surface area (Å²) in [6.45, 7) is 2.14. The Kier molecular flexibility index (Phi) is 9.32. The zero-order valence-corrected chi connectivity index (χ0v) is 23.0. The number of nitrogens with one attached hydrogen (secondary N) is 2. The van der Waals surface area contributed by atoms with E-state index in [2.05, 4.69) is 26.1 Å². The number of nitrogens with zero attached hydrogens (tertiary/aromatic N) is 4. The highest BCUT2D eigenvalue weighted by Gasteiger charge is 2.20. The van der Waals surface area contributed by atoms with E-state index in [-0.39, 0.29) is 23.3 Å². The molecule has 0 aliphatic carbocycles. The molecule has 1 fully saturated rings. The van der Waals surface area contributed by atoms with E-state index >= 15 is 0 Å². The van der Waals surface area contributed by atoms with Gasteiger partial charge in [-0.3, -0.25) is 0 Å². The Balaban J connectivity index is 1.51. The fraction of sp³-hybridized carbons (Fsp3) is 0.370. The number of hydrogen-bond donors (Lipinski definition) is 2. The van der Waals surface area contributed by atoms with Crippen LogP contribution in [0, 0.1) is 11.3 Å². The van der Waals surface area contributed by atoms with Crippen molar-refractivity contribution in [2.75, 3.05) is 52.8 Å². The lowest BCUT2D eigenvalue weighted by Crippen LogP contribution is -2.31. The Hall–Kier alpha value is -3.76. The van der Waals surface area contributed by atoms with Crippen LogP contribution in [0.1, 0.15) is 18.4 Å². The van der Waals surface area contributed by atoms with Crippen molar-refractivity contribution in [1.82, 2.24) is 19.6 Å². The molecule has 1 aromatic heterocycles. The van der Waals surface area contributed by atoms with Gasteiger partial charge in [0.2, 0.25) is 16.0 Å². The van der Waals surface area contributed by atoms with Gasteiger partial charge in [0.25, 0.3) is 0 Å². The number of methoxy groups -OCH3 is 1. The largest absolute Gasteiger partial charge is 0.495 e. The molecule has 206 valence electrons. The van der Waals surface area contributed by atoms with Crippen LogP contribution < -0.4 is 19.5 Å². The molecule has 2 aromatic carbocycles. The lowest BCUT2D eigenvalue weighted by molar-refractivity contribution is 0.0254. The molecule has 1 aliphatic heterocycles. The van der Waals surface area contributed by atoms with Crippen LogP contribution in [0.25, 0.3) is 11.3 Å². The molecule has 0 saturated carbocycles. The first-order chi connectivity index (χ1) is 18.8. The number of aromatic nitrogens is 2. The topological polar surface area (TPSA) is 139 Å². The van der Waals surface area contributed by atoms with Crippen LogP contribution in [0.4, 0.5) is 11.6 Å². The average Bonchev–Trinajstić information content (AvgIpc) is 2.93. The van der Waals surface area contributed by atoms with Gasteiger partial charge in [-0.15, -0.1) is 0 Å². The molecule has 12 heteroatoms. The van der Waals surface area contributed by atoms with E-state index < -0.39 is 10.0 Å². The second-order valence-electron chi connectivity index (χ2n) is 9.21. The van der Waals surface area contributed by atoms with E-state index in [4.69, 9.17) is 14.2 Å². The second kappa shape index (κ2) is 12.9. The summed E-state index contributed by atoms with van der Waals surface area (Å²) in [5.41, 5.74) is 2.32. The molecule has 2 heterocycles.